The number of carbonyl (C=O) groups is 1. The zero-order chi connectivity index (χ0) is 25.8. The fourth-order valence-electron chi connectivity index (χ4n) is 5.61. The highest BCUT2D eigenvalue weighted by atomic mass is 16.5. The third kappa shape index (κ3) is 5.36. The number of likely N-dealkylation sites (N-methyl/N-ethyl adjacent to an activating group) is 1. The number of hydrogen-bond donors (Lipinski definition) is 1. The molecule has 0 spiro atoms. The molecule has 2 aromatic carbocycles. The zero-order valence-electron chi connectivity index (χ0n) is 22.7. The Morgan fingerprint density at radius 3 is 2.50 bits per heavy atom. The van der Waals surface area contributed by atoms with Crippen molar-refractivity contribution in [1.29, 1.82) is 0 Å². The van der Waals surface area contributed by atoms with Crippen LogP contribution in [0.5, 0.6) is 5.75 Å². The van der Waals surface area contributed by atoms with Crippen molar-refractivity contribution in [3.63, 3.8) is 0 Å². The van der Waals surface area contributed by atoms with E-state index in [-0.39, 0.29) is 11.8 Å². The summed E-state index contributed by atoms with van der Waals surface area (Å²) in [5, 5.41) is 1.34. The predicted molar refractivity (Wildman–Crippen MR) is 149 cm³/mol. The molecule has 2 aliphatic rings. The minimum absolute atomic E-state index is 0.0445. The van der Waals surface area contributed by atoms with Crippen molar-refractivity contribution in [1.82, 2.24) is 14.8 Å². The van der Waals surface area contributed by atoms with Crippen LogP contribution < -0.4 is 4.74 Å². The Hall–Kier alpha value is -3.05. The summed E-state index contributed by atoms with van der Waals surface area (Å²) >= 11 is 0. The van der Waals surface area contributed by atoms with Crippen LogP contribution in [-0.4, -0.2) is 60.5 Å². The number of carbonyl (C=O) groups excluding carboxylic acids is 1. The van der Waals surface area contributed by atoms with Gasteiger partial charge in [-0.3, -0.25) is 9.69 Å². The van der Waals surface area contributed by atoms with Gasteiger partial charge in [0.2, 0.25) is 5.91 Å². The largest absolute Gasteiger partial charge is 0.497 e. The maximum absolute atomic E-state index is 12.9. The smallest absolute Gasteiger partial charge is 0.230 e. The van der Waals surface area contributed by atoms with Crippen LogP contribution in [0.2, 0.25) is 0 Å². The molecule has 5 heteroatoms. The first kappa shape index (κ1) is 26.0. The van der Waals surface area contributed by atoms with Crippen molar-refractivity contribution in [2.45, 2.75) is 46.6 Å². The van der Waals surface area contributed by atoms with Crippen molar-refractivity contribution < 1.29 is 9.53 Å². The molecule has 1 aliphatic heterocycles. The molecule has 1 N–H and O–H groups in total. The number of hydrogen-bond acceptors (Lipinski definition) is 3. The Morgan fingerprint density at radius 2 is 1.86 bits per heavy atom. The highest BCUT2D eigenvalue weighted by Gasteiger charge is 2.36. The van der Waals surface area contributed by atoms with E-state index in [0.29, 0.717) is 6.04 Å². The van der Waals surface area contributed by atoms with Crippen LogP contribution in [0.1, 0.15) is 44.4 Å². The van der Waals surface area contributed by atoms with Crippen LogP contribution in [0.15, 0.2) is 54.7 Å². The maximum atomic E-state index is 12.9. The number of methoxy groups -OCH3 is 1. The molecule has 1 aromatic heterocycles. The number of nitrogens with one attached hydrogen (secondary N) is 1. The Labute approximate surface area is 216 Å². The van der Waals surface area contributed by atoms with Crippen molar-refractivity contribution in [2.24, 2.45) is 11.8 Å². The zero-order valence-corrected chi connectivity index (χ0v) is 22.7. The quantitative estimate of drug-likeness (QED) is 0.478. The van der Waals surface area contributed by atoms with E-state index >= 15 is 0 Å². The number of ether oxygens (including phenoxy) is 1. The molecule has 0 saturated carbocycles. The van der Waals surface area contributed by atoms with Gasteiger partial charge in [-0.1, -0.05) is 44.2 Å². The first-order chi connectivity index (χ1) is 17.4. The second-order valence-electron chi connectivity index (χ2n) is 10.4. The molecular weight excluding hydrogens is 446 g/mol. The van der Waals surface area contributed by atoms with E-state index in [1.54, 1.807) is 7.11 Å². The number of aromatic amines is 1. The van der Waals surface area contributed by atoms with Gasteiger partial charge in [0, 0.05) is 42.8 Å². The Morgan fingerprint density at radius 1 is 1.14 bits per heavy atom. The summed E-state index contributed by atoms with van der Waals surface area (Å²) in [6, 6.07) is 15.1. The first-order valence-electron chi connectivity index (χ1n) is 13.3. The van der Waals surface area contributed by atoms with Crippen molar-refractivity contribution in [3.8, 4) is 5.75 Å². The van der Waals surface area contributed by atoms with Crippen molar-refractivity contribution in [2.75, 3.05) is 33.8 Å². The third-order valence-electron chi connectivity index (χ3n) is 7.46. The molecule has 5 nitrogen and oxygen atoms in total. The SMILES string of the molecule is CCN(CC)C(=O)[C@@H]1C=C2c3cccc4[nH]cc(c34)C[C@H]2N(C)C1.COc1ccc(CC(C)C)cc1. The molecule has 0 saturated heterocycles. The van der Waals surface area contributed by atoms with Gasteiger partial charge >= 0.3 is 0 Å². The number of H-pyrrole nitrogens is 1. The maximum Gasteiger partial charge on any atom is 0.230 e. The van der Waals surface area contributed by atoms with E-state index in [2.05, 4.69) is 87.2 Å². The van der Waals surface area contributed by atoms with Gasteiger partial charge in [0.15, 0.2) is 0 Å². The number of fused-ring (bicyclic) bond motifs is 2. The molecule has 2 heterocycles. The van der Waals surface area contributed by atoms with E-state index in [1.165, 1.54) is 33.2 Å². The van der Waals surface area contributed by atoms with Crippen LogP contribution >= 0.6 is 0 Å². The molecule has 3 aromatic rings. The molecule has 1 amide bonds. The van der Waals surface area contributed by atoms with Crippen LogP contribution in [0.25, 0.3) is 16.5 Å². The summed E-state index contributed by atoms with van der Waals surface area (Å²) in [4.78, 5) is 20.6. The molecule has 2 atom stereocenters. The lowest BCUT2D eigenvalue weighted by atomic mass is 9.79. The fraction of sp³-hybridized carbons (Fsp3) is 0.452. The van der Waals surface area contributed by atoms with Crippen LogP contribution in [0.4, 0.5) is 0 Å². The van der Waals surface area contributed by atoms with Crippen molar-refractivity contribution >= 4 is 22.4 Å². The van der Waals surface area contributed by atoms with E-state index in [1.807, 2.05) is 17.0 Å². The van der Waals surface area contributed by atoms with E-state index in [0.717, 1.165) is 44.1 Å². The van der Waals surface area contributed by atoms with Gasteiger partial charge in [-0.2, -0.15) is 0 Å². The first-order valence-corrected chi connectivity index (χ1v) is 13.3. The number of nitrogens with zero attached hydrogens (tertiary/aromatic N) is 2. The van der Waals surface area contributed by atoms with Crippen molar-refractivity contribution in [3.05, 3.63) is 71.4 Å². The lowest BCUT2D eigenvalue weighted by Crippen LogP contribution is -2.47. The average molecular weight is 488 g/mol. The second-order valence-corrected chi connectivity index (χ2v) is 10.4. The van der Waals surface area contributed by atoms with E-state index in [9.17, 15) is 4.79 Å². The molecule has 5 rings (SSSR count). The standard InChI is InChI=1S/C20H25N3O.C11H16O/c1-4-23(5-2)20(24)14-9-16-15-7-6-8-17-19(15)13(11-21-17)10-18(16)22(3)12-14;1-9(2)8-10-4-6-11(12-3)7-5-10/h6-9,11,14,18,21H,4-5,10,12H2,1-3H3;4-7,9H,8H2,1-3H3/t14-,18-;/m1./s1. The van der Waals surface area contributed by atoms with Crippen LogP contribution in [0, 0.1) is 11.8 Å². The third-order valence-corrected chi connectivity index (χ3v) is 7.46. The second kappa shape index (κ2) is 11.3. The van der Waals surface area contributed by atoms with Gasteiger partial charge in [-0.15, -0.1) is 0 Å². The molecule has 1 aliphatic carbocycles. The lowest BCUT2D eigenvalue weighted by Gasteiger charge is -2.40. The van der Waals surface area contributed by atoms with Gasteiger partial charge < -0.3 is 14.6 Å². The van der Waals surface area contributed by atoms with Gasteiger partial charge in [0.25, 0.3) is 0 Å². The predicted octanol–water partition coefficient (Wildman–Crippen LogP) is 5.80. The number of benzene rings is 2. The van der Waals surface area contributed by atoms with Gasteiger partial charge in [0.05, 0.1) is 13.0 Å². The molecule has 36 heavy (non-hydrogen) atoms. The Balaban J connectivity index is 0.000000214. The number of aromatic nitrogens is 1. The monoisotopic (exact) mass is 487 g/mol. The minimum Gasteiger partial charge on any atom is -0.497 e. The summed E-state index contributed by atoms with van der Waals surface area (Å²) in [5.41, 5.74) is 6.59. The number of amides is 1. The van der Waals surface area contributed by atoms with Crippen LogP contribution in [0.3, 0.4) is 0 Å². The molecule has 0 unspecified atom stereocenters. The Bertz CT molecular complexity index is 1200. The van der Waals surface area contributed by atoms with Gasteiger partial charge in [0.1, 0.15) is 5.75 Å². The van der Waals surface area contributed by atoms with E-state index in [4.69, 9.17) is 4.74 Å². The minimum atomic E-state index is -0.0445. The summed E-state index contributed by atoms with van der Waals surface area (Å²) < 4.78 is 5.07. The molecule has 0 bridgehead atoms. The van der Waals surface area contributed by atoms with Gasteiger partial charge in [-0.05, 0) is 80.1 Å². The number of rotatable bonds is 6. The van der Waals surface area contributed by atoms with E-state index < -0.39 is 0 Å². The highest BCUT2D eigenvalue weighted by Crippen LogP contribution is 2.40. The normalized spacial score (nSPS) is 18.8. The summed E-state index contributed by atoms with van der Waals surface area (Å²) in [5.74, 6) is 1.86. The van der Waals surface area contributed by atoms with Crippen LogP contribution in [-0.2, 0) is 17.6 Å². The summed E-state index contributed by atoms with van der Waals surface area (Å²) in [6.07, 6.45) is 6.55. The van der Waals surface area contributed by atoms with Gasteiger partial charge in [-0.25, -0.2) is 0 Å². The average Bonchev–Trinajstić information content (AvgIpc) is 3.30. The molecular formula is C31H41N3O2. The molecule has 0 radical (unpaired) electrons. The molecule has 0 fully saturated rings. The topological polar surface area (TPSA) is 48.6 Å². The summed E-state index contributed by atoms with van der Waals surface area (Å²) in [6.45, 7) is 10.9. The lowest BCUT2D eigenvalue weighted by molar-refractivity contribution is -0.134. The highest BCUT2D eigenvalue weighted by molar-refractivity contribution is 5.99. The Kier molecular flexibility index (Phi) is 8.20. The fourth-order valence-corrected chi connectivity index (χ4v) is 5.61. The molecule has 192 valence electrons. The summed E-state index contributed by atoms with van der Waals surface area (Å²) in [7, 11) is 3.84.